The number of hydrogen-bond acceptors (Lipinski definition) is 5. The normalized spacial score (nSPS) is 28.8. The van der Waals surface area contributed by atoms with Gasteiger partial charge in [0.1, 0.15) is 0 Å². The van der Waals surface area contributed by atoms with Gasteiger partial charge in [-0.1, -0.05) is 39.2 Å². The molecule has 138 valence electrons. The van der Waals surface area contributed by atoms with E-state index in [2.05, 4.69) is 17.2 Å². The molecule has 1 unspecified atom stereocenters. The molecule has 2 bridgehead atoms. The Morgan fingerprint density at radius 3 is 2.96 bits per heavy atom. The van der Waals surface area contributed by atoms with Gasteiger partial charge in [-0.2, -0.15) is 0 Å². The predicted molar refractivity (Wildman–Crippen MR) is 96.2 cm³/mol. The van der Waals surface area contributed by atoms with Crippen LogP contribution in [-0.2, 0) is 9.53 Å². The summed E-state index contributed by atoms with van der Waals surface area (Å²) in [6.07, 6.45) is 7.64. The molecule has 1 aromatic rings. The summed E-state index contributed by atoms with van der Waals surface area (Å²) in [5, 5.41) is 3.41. The number of fused-ring (bicyclic) bond motifs is 2. The van der Waals surface area contributed by atoms with Crippen LogP contribution in [0.4, 0.5) is 0 Å². The van der Waals surface area contributed by atoms with Crippen molar-refractivity contribution in [3.8, 4) is 5.88 Å². The second-order valence-electron chi connectivity index (χ2n) is 7.67. The van der Waals surface area contributed by atoms with Gasteiger partial charge >= 0.3 is 5.97 Å². The molecule has 1 aliphatic heterocycles. The monoisotopic (exact) mass is 346 g/mol. The highest BCUT2D eigenvalue weighted by molar-refractivity contribution is 5.72. The number of aromatic nitrogens is 1. The van der Waals surface area contributed by atoms with Crippen LogP contribution < -0.4 is 10.1 Å². The van der Waals surface area contributed by atoms with Gasteiger partial charge in [0.25, 0.3) is 0 Å². The summed E-state index contributed by atoms with van der Waals surface area (Å²) in [6, 6.07) is 3.86. The minimum Gasteiger partial charge on any atom is -0.469 e. The smallest absolute Gasteiger partial charge is 0.310 e. The van der Waals surface area contributed by atoms with Crippen molar-refractivity contribution < 1.29 is 14.3 Å². The third kappa shape index (κ3) is 4.14. The molecular weight excluding hydrogens is 316 g/mol. The van der Waals surface area contributed by atoms with E-state index in [0.717, 1.165) is 50.6 Å². The van der Waals surface area contributed by atoms with Crippen LogP contribution in [0.3, 0.4) is 0 Å². The first-order valence-corrected chi connectivity index (χ1v) is 9.59. The summed E-state index contributed by atoms with van der Waals surface area (Å²) >= 11 is 0. The Morgan fingerprint density at radius 2 is 2.28 bits per heavy atom. The summed E-state index contributed by atoms with van der Waals surface area (Å²) in [5.74, 6) is 0.909. The van der Waals surface area contributed by atoms with Crippen molar-refractivity contribution in [1.29, 1.82) is 0 Å². The molecule has 1 aromatic heterocycles. The maximum Gasteiger partial charge on any atom is 0.310 e. The van der Waals surface area contributed by atoms with E-state index in [4.69, 9.17) is 9.47 Å². The molecular formula is C20H30N2O3. The molecule has 25 heavy (non-hydrogen) atoms. The molecule has 1 saturated heterocycles. The Labute approximate surface area is 150 Å². The SMILES string of the molecule is CCCCCC(C)C(=O)O[C@]12C[C@H](CN1)C[C@H]2Oc1ccc(C)cn1. The zero-order chi connectivity index (χ0) is 17.9. The second kappa shape index (κ2) is 7.73. The van der Waals surface area contributed by atoms with Crippen molar-refractivity contribution in [2.24, 2.45) is 11.8 Å². The number of rotatable bonds is 8. The third-order valence-corrected chi connectivity index (χ3v) is 5.42. The number of carbonyl (C=O) groups is 1. The highest BCUT2D eigenvalue weighted by Gasteiger charge is 2.57. The Bertz CT molecular complexity index is 589. The van der Waals surface area contributed by atoms with Crippen molar-refractivity contribution in [2.75, 3.05) is 6.54 Å². The predicted octanol–water partition coefficient (Wildman–Crippen LogP) is 3.61. The maximum absolute atomic E-state index is 12.6. The number of piperidine rings is 1. The van der Waals surface area contributed by atoms with Gasteiger partial charge in [-0.25, -0.2) is 4.98 Å². The van der Waals surface area contributed by atoms with Crippen LogP contribution in [0.25, 0.3) is 0 Å². The molecule has 1 saturated carbocycles. The highest BCUT2D eigenvalue weighted by atomic mass is 16.6. The maximum atomic E-state index is 12.6. The molecule has 0 radical (unpaired) electrons. The highest BCUT2D eigenvalue weighted by Crippen LogP contribution is 2.43. The molecule has 3 rings (SSSR count). The molecule has 0 aromatic carbocycles. The van der Waals surface area contributed by atoms with Crippen molar-refractivity contribution >= 4 is 5.97 Å². The molecule has 2 fully saturated rings. The lowest BCUT2D eigenvalue weighted by Gasteiger charge is -2.35. The van der Waals surface area contributed by atoms with E-state index in [-0.39, 0.29) is 18.0 Å². The number of aryl methyl sites for hydroxylation is 1. The van der Waals surface area contributed by atoms with E-state index in [1.165, 1.54) is 0 Å². The standard InChI is InChI=1S/C20H30N2O3/c1-4-5-6-7-15(3)19(23)25-20-11-16(13-22-20)10-17(20)24-18-9-8-14(2)12-21-18/h8-9,12,15-17,22H,4-7,10-11,13H2,1-3H3/t15?,16-,17-,20+/m1/s1. The van der Waals surface area contributed by atoms with Crippen LogP contribution in [0.1, 0.15) is 57.9 Å². The van der Waals surface area contributed by atoms with Crippen LogP contribution in [0, 0.1) is 18.8 Å². The van der Waals surface area contributed by atoms with Crippen LogP contribution in [0.15, 0.2) is 18.3 Å². The van der Waals surface area contributed by atoms with Crippen molar-refractivity contribution in [3.63, 3.8) is 0 Å². The van der Waals surface area contributed by atoms with Gasteiger partial charge in [0, 0.05) is 25.2 Å². The Morgan fingerprint density at radius 1 is 1.44 bits per heavy atom. The molecule has 1 N–H and O–H groups in total. The summed E-state index contributed by atoms with van der Waals surface area (Å²) in [4.78, 5) is 16.9. The Kier molecular flexibility index (Phi) is 5.62. The third-order valence-electron chi connectivity index (χ3n) is 5.42. The number of hydrogen-bond donors (Lipinski definition) is 1. The number of unbranched alkanes of at least 4 members (excludes halogenated alkanes) is 2. The van der Waals surface area contributed by atoms with Crippen LogP contribution >= 0.6 is 0 Å². The molecule has 0 spiro atoms. The van der Waals surface area contributed by atoms with E-state index >= 15 is 0 Å². The van der Waals surface area contributed by atoms with Gasteiger partial charge < -0.3 is 9.47 Å². The fourth-order valence-electron chi connectivity index (χ4n) is 3.85. The van der Waals surface area contributed by atoms with E-state index in [9.17, 15) is 4.79 Å². The average Bonchev–Trinajstić information content (AvgIpc) is 3.14. The molecule has 5 heteroatoms. The molecule has 2 heterocycles. The van der Waals surface area contributed by atoms with Gasteiger partial charge in [0.2, 0.25) is 11.6 Å². The molecule has 4 atom stereocenters. The van der Waals surface area contributed by atoms with Crippen molar-refractivity contribution in [2.45, 2.75) is 71.1 Å². The molecule has 0 amide bonds. The van der Waals surface area contributed by atoms with Gasteiger partial charge in [-0.15, -0.1) is 0 Å². The average molecular weight is 346 g/mol. The molecule has 1 aliphatic carbocycles. The molecule has 2 aliphatic rings. The first-order valence-electron chi connectivity index (χ1n) is 9.59. The first-order chi connectivity index (χ1) is 12.0. The van der Waals surface area contributed by atoms with Crippen molar-refractivity contribution in [1.82, 2.24) is 10.3 Å². The second-order valence-corrected chi connectivity index (χ2v) is 7.67. The number of ether oxygens (including phenoxy) is 2. The number of nitrogens with zero attached hydrogens (tertiary/aromatic N) is 1. The Hall–Kier alpha value is -1.62. The number of esters is 1. The Balaban J connectivity index is 1.63. The lowest BCUT2D eigenvalue weighted by molar-refractivity contribution is -0.176. The lowest BCUT2D eigenvalue weighted by Crippen LogP contribution is -2.56. The zero-order valence-electron chi connectivity index (χ0n) is 15.6. The van der Waals surface area contributed by atoms with Gasteiger partial charge in [0.15, 0.2) is 6.10 Å². The minimum atomic E-state index is -0.687. The number of nitrogens with one attached hydrogen (secondary N) is 1. The van der Waals surface area contributed by atoms with E-state index in [1.54, 1.807) is 6.20 Å². The van der Waals surface area contributed by atoms with Gasteiger partial charge in [0.05, 0.1) is 5.92 Å². The fourth-order valence-corrected chi connectivity index (χ4v) is 3.85. The van der Waals surface area contributed by atoms with Crippen LogP contribution in [0.5, 0.6) is 5.88 Å². The van der Waals surface area contributed by atoms with Crippen molar-refractivity contribution in [3.05, 3.63) is 23.9 Å². The van der Waals surface area contributed by atoms with Gasteiger partial charge in [-0.3, -0.25) is 10.1 Å². The zero-order valence-corrected chi connectivity index (χ0v) is 15.6. The lowest BCUT2D eigenvalue weighted by atomic mass is 10.0. The van der Waals surface area contributed by atoms with Crippen LogP contribution in [-0.4, -0.2) is 29.3 Å². The molecule has 5 nitrogen and oxygen atoms in total. The quantitative estimate of drug-likeness (QED) is 0.575. The van der Waals surface area contributed by atoms with Gasteiger partial charge in [-0.05, 0) is 31.2 Å². The van der Waals surface area contributed by atoms with E-state index in [0.29, 0.717) is 11.8 Å². The summed E-state index contributed by atoms with van der Waals surface area (Å²) in [6.45, 7) is 7.02. The first kappa shape index (κ1) is 18.2. The summed E-state index contributed by atoms with van der Waals surface area (Å²) < 4.78 is 12.1. The largest absolute Gasteiger partial charge is 0.469 e. The van der Waals surface area contributed by atoms with Crippen LogP contribution in [0.2, 0.25) is 0 Å². The summed E-state index contributed by atoms with van der Waals surface area (Å²) in [5.41, 5.74) is 0.410. The van der Waals surface area contributed by atoms with E-state index in [1.807, 2.05) is 26.0 Å². The minimum absolute atomic E-state index is 0.0690. The topological polar surface area (TPSA) is 60.5 Å². The number of pyridine rings is 1. The fraction of sp³-hybridized carbons (Fsp3) is 0.700. The van der Waals surface area contributed by atoms with E-state index < -0.39 is 5.72 Å². The number of carbonyl (C=O) groups excluding carboxylic acids is 1. The summed E-state index contributed by atoms with van der Waals surface area (Å²) in [7, 11) is 0.